The van der Waals surface area contributed by atoms with Crippen molar-refractivity contribution in [1.82, 2.24) is 10.3 Å². The van der Waals surface area contributed by atoms with Gasteiger partial charge >= 0.3 is 0 Å². The van der Waals surface area contributed by atoms with Gasteiger partial charge in [-0.3, -0.25) is 4.79 Å². The third kappa shape index (κ3) is 4.41. The molecule has 1 heterocycles. The SMILES string of the molecule is CCOCC(NC(=O)c1cccc(F)n1)C(C)C. The quantitative estimate of drug-likeness (QED) is 0.790. The van der Waals surface area contributed by atoms with Gasteiger partial charge in [-0.05, 0) is 25.0 Å². The Morgan fingerprint density at radius 1 is 1.50 bits per heavy atom. The lowest BCUT2D eigenvalue weighted by atomic mass is 10.1. The van der Waals surface area contributed by atoms with Gasteiger partial charge in [-0.15, -0.1) is 0 Å². The van der Waals surface area contributed by atoms with Crippen LogP contribution in [0.3, 0.4) is 0 Å². The Morgan fingerprint density at radius 3 is 2.78 bits per heavy atom. The molecular formula is C13H19FN2O2. The van der Waals surface area contributed by atoms with Crippen LogP contribution in [0.25, 0.3) is 0 Å². The highest BCUT2D eigenvalue weighted by atomic mass is 19.1. The Morgan fingerprint density at radius 2 is 2.22 bits per heavy atom. The first-order chi connectivity index (χ1) is 8.54. The van der Waals surface area contributed by atoms with Gasteiger partial charge in [0.25, 0.3) is 5.91 Å². The van der Waals surface area contributed by atoms with Gasteiger partial charge < -0.3 is 10.1 Å². The summed E-state index contributed by atoms with van der Waals surface area (Å²) in [6.07, 6.45) is 0. The molecule has 5 heteroatoms. The van der Waals surface area contributed by atoms with Crippen molar-refractivity contribution in [3.63, 3.8) is 0 Å². The lowest BCUT2D eigenvalue weighted by molar-refractivity contribution is 0.0801. The summed E-state index contributed by atoms with van der Waals surface area (Å²) in [4.78, 5) is 15.4. The molecule has 1 aromatic heterocycles. The molecule has 1 aromatic rings. The molecule has 0 aliphatic carbocycles. The molecule has 1 N–H and O–H groups in total. The molecule has 0 aliphatic rings. The van der Waals surface area contributed by atoms with Crippen molar-refractivity contribution in [1.29, 1.82) is 0 Å². The van der Waals surface area contributed by atoms with E-state index >= 15 is 0 Å². The number of amides is 1. The number of rotatable bonds is 6. The van der Waals surface area contributed by atoms with Crippen molar-refractivity contribution in [3.8, 4) is 0 Å². The fourth-order valence-corrected chi connectivity index (χ4v) is 1.42. The third-order valence-corrected chi connectivity index (χ3v) is 2.57. The largest absolute Gasteiger partial charge is 0.380 e. The minimum atomic E-state index is -0.659. The van der Waals surface area contributed by atoms with Crippen molar-refractivity contribution < 1.29 is 13.9 Å². The smallest absolute Gasteiger partial charge is 0.270 e. The molecule has 18 heavy (non-hydrogen) atoms. The molecule has 0 radical (unpaired) electrons. The number of pyridine rings is 1. The van der Waals surface area contributed by atoms with Crippen LogP contribution in [-0.2, 0) is 4.74 Å². The highest BCUT2D eigenvalue weighted by molar-refractivity contribution is 5.92. The number of hydrogen-bond acceptors (Lipinski definition) is 3. The minimum absolute atomic E-state index is 0.0807. The van der Waals surface area contributed by atoms with E-state index in [2.05, 4.69) is 10.3 Å². The second-order valence-corrected chi connectivity index (χ2v) is 4.33. The van der Waals surface area contributed by atoms with E-state index in [1.165, 1.54) is 18.2 Å². The molecule has 1 amide bonds. The van der Waals surface area contributed by atoms with E-state index in [0.717, 1.165) is 0 Å². The van der Waals surface area contributed by atoms with Crippen molar-refractivity contribution in [3.05, 3.63) is 29.8 Å². The minimum Gasteiger partial charge on any atom is -0.380 e. The van der Waals surface area contributed by atoms with Gasteiger partial charge in [-0.1, -0.05) is 19.9 Å². The number of hydrogen-bond donors (Lipinski definition) is 1. The summed E-state index contributed by atoms with van der Waals surface area (Å²) in [5.74, 6) is -0.810. The topological polar surface area (TPSA) is 51.2 Å². The van der Waals surface area contributed by atoms with Gasteiger partial charge in [-0.25, -0.2) is 4.98 Å². The van der Waals surface area contributed by atoms with E-state index in [-0.39, 0.29) is 23.6 Å². The molecule has 0 saturated heterocycles. The van der Waals surface area contributed by atoms with Crippen LogP contribution in [0.15, 0.2) is 18.2 Å². The lowest BCUT2D eigenvalue weighted by Crippen LogP contribution is -2.42. The standard InChI is InChI=1S/C13H19FN2O2/c1-4-18-8-11(9(2)3)16-13(17)10-6-5-7-12(14)15-10/h5-7,9,11H,4,8H2,1-3H3,(H,16,17). The van der Waals surface area contributed by atoms with Gasteiger partial charge in [0.2, 0.25) is 5.95 Å². The second-order valence-electron chi connectivity index (χ2n) is 4.33. The Labute approximate surface area is 107 Å². The average Bonchev–Trinajstić information content (AvgIpc) is 2.33. The van der Waals surface area contributed by atoms with Gasteiger partial charge in [0.15, 0.2) is 0 Å². The molecule has 0 fully saturated rings. The van der Waals surface area contributed by atoms with Crippen LogP contribution in [0.5, 0.6) is 0 Å². The molecule has 1 atom stereocenters. The Hall–Kier alpha value is -1.49. The first-order valence-electron chi connectivity index (χ1n) is 6.05. The third-order valence-electron chi connectivity index (χ3n) is 2.57. The Kier molecular flexibility index (Phi) is 5.71. The normalized spacial score (nSPS) is 12.5. The summed E-state index contributed by atoms with van der Waals surface area (Å²) in [6.45, 7) is 6.91. The van der Waals surface area contributed by atoms with Crippen LogP contribution in [-0.4, -0.2) is 30.1 Å². The van der Waals surface area contributed by atoms with Crippen molar-refractivity contribution >= 4 is 5.91 Å². The maximum absolute atomic E-state index is 12.9. The molecule has 1 unspecified atom stereocenters. The Balaban J connectivity index is 2.66. The van der Waals surface area contributed by atoms with Gasteiger partial charge in [0.05, 0.1) is 12.6 Å². The maximum atomic E-state index is 12.9. The van der Waals surface area contributed by atoms with Crippen molar-refractivity contribution in [2.75, 3.05) is 13.2 Å². The average molecular weight is 254 g/mol. The molecule has 0 saturated carbocycles. The number of aromatic nitrogens is 1. The number of carbonyl (C=O) groups excluding carboxylic acids is 1. The molecule has 100 valence electrons. The number of nitrogens with zero attached hydrogens (tertiary/aromatic N) is 1. The predicted molar refractivity (Wildman–Crippen MR) is 66.8 cm³/mol. The highest BCUT2D eigenvalue weighted by Crippen LogP contribution is 2.05. The summed E-state index contributed by atoms with van der Waals surface area (Å²) in [5.41, 5.74) is 0.0807. The molecule has 0 aliphatic heterocycles. The molecule has 0 aromatic carbocycles. The van der Waals surface area contributed by atoms with Crippen LogP contribution in [0.4, 0.5) is 4.39 Å². The molecule has 0 spiro atoms. The van der Waals surface area contributed by atoms with Crippen LogP contribution in [0.1, 0.15) is 31.3 Å². The van der Waals surface area contributed by atoms with E-state index < -0.39 is 5.95 Å². The summed E-state index contributed by atoms with van der Waals surface area (Å²) >= 11 is 0. The molecule has 4 nitrogen and oxygen atoms in total. The Bertz CT molecular complexity index is 396. The first kappa shape index (κ1) is 14.6. The van der Waals surface area contributed by atoms with E-state index in [4.69, 9.17) is 4.74 Å². The molecular weight excluding hydrogens is 235 g/mol. The number of halogens is 1. The van der Waals surface area contributed by atoms with Crippen LogP contribution < -0.4 is 5.32 Å². The fraction of sp³-hybridized carbons (Fsp3) is 0.538. The number of carbonyl (C=O) groups is 1. The van der Waals surface area contributed by atoms with Crippen molar-refractivity contribution in [2.24, 2.45) is 5.92 Å². The monoisotopic (exact) mass is 254 g/mol. The predicted octanol–water partition coefficient (Wildman–Crippen LogP) is 2.01. The van der Waals surface area contributed by atoms with Gasteiger partial charge in [0, 0.05) is 6.61 Å². The van der Waals surface area contributed by atoms with Crippen LogP contribution in [0, 0.1) is 11.9 Å². The van der Waals surface area contributed by atoms with E-state index in [9.17, 15) is 9.18 Å². The van der Waals surface area contributed by atoms with Gasteiger partial charge in [0.1, 0.15) is 5.69 Å². The second kappa shape index (κ2) is 7.06. The zero-order valence-electron chi connectivity index (χ0n) is 10.9. The fourth-order valence-electron chi connectivity index (χ4n) is 1.42. The first-order valence-corrected chi connectivity index (χ1v) is 6.05. The molecule has 0 bridgehead atoms. The number of nitrogens with one attached hydrogen (secondary N) is 1. The summed E-state index contributed by atoms with van der Waals surface area (Å²) in [7, 11) is 0. The molecule has 1 rings (SSSR count). The van der Waals surface area contributed by atoms with Crippen molar-refractivity contribution in [2.45, 2.75) is 26.8 Å². The summed E-state index contributed by atoms with van der Waals surface area (Å²) in [6, 6.07) is 4.04. The summed E-state index contributed by atoms with van der Waals surface area (Å²) < 4.78 is 18.2. The van der Waals surface area contributed by atoms with E-state index in [1.807, 2.05) is 20.8 Å². The zero-order valence-corrected chi connectivity index (χ0v) is 10.9. The maximum Gasteiger partial charge on any atom is 0.270 e. The van der Waals surface area contributed by atoms with E-state index in [1.54, 1.807) is 0 Å². The summed E-state index contributed by atoms with van der Waals surface area (Å²) in [5, 5.41) is 2.80. The zero-order chi connectivity index (χ0) is 13.5. The highest BCUT2D eigenvalue weighted by Gasteiger charge is 2.18. The lowest BCUT2D eigenvalue weighted by Gasteiger charge is -2.21. The van der Waals surface area contributed by atoms with E-state index in [0.29, 0.717) is 13.2 Å². The number of ether oxygens (including phenoxy) is 1. The van der Waals surface area contributed by atoms with Crippen LogP contribution >= 0.6 is 0 Å². The van der Waals surface area contributed by atoms with Gasteiger partial charge in [-0.2, -0.15) is 4.39 Å². The van der Waals surface area contributed by atoms with Crippen LogP contribution in [0.2, 0.25) is 0 Å².